The van der Waals surface area contributed by atoms with Gasteiger partial charge in [-0.2, -0.15) is 0 Å². The lowest BCUT2D eigenvalue weighted by Crippen LogP contribution is -2.48. The topological polar surface area (TPSA) is 64.4 Å². The Hall–Kier alpha value is -0.610. The van der Waals surface area contributed by atoms with E-state index in [4.69, 9.17) is 10.5 Å². The molecule has 3 unspecified atom stereocenters. The van der Waals surface area contributed by atoms with Crippen LogP contribution < -0.4 is 11.1 Å². The lowest BCUT2D eigenvalue weighted by molar-refractivity contribution is -0.121. The maximum absolute atomic E-state index is 11.0. The summed E-state index contributed by atoms with van der Waals surface area (Å²) in [5, 5.41) is 3.16. The van der Waals surface area contributed by atoms with Crippen molar-refractivity contribution >= 4 is 5.91 Å². The normalized spacial score (nSPS) is 38.4. The van der Waals surface area contributed by atoms with Gasteiger partial charge in [0.05, 0.1) is 6.04 Å². The van der Waals surface area contributed by atoms with Gasteiger partial charge in [0, 0.05) is 13.2 Å². The second kappa shape index (κ2) is 4.28. The van der Waals surface area contributed by atoms with E-state index < -0.39 is 0 Å². The Balaban J connectivity index is 1.89. The minimum absolute atomic E-state index is 0.116. The molecule has 0 spiro atoms. The van der Waals surface area contributed by atoms with Gasteiger partial charge in [0.1, 0.15) is 0 Å². The van der Waals surface area contributed by atoms with Crippen LogP contribution in [0.2, 0.25) is 0 Å². The lowest BCUT2D eigenvalue weighted by Gasteiger charge is -2.31. The summed E-state index contributed by atoms with van der Waals surface area (Å²) < 4.78 is 5.37. The van der Waals surface area contributed by atoms with Gasteiger partial charge in [0.15, 0.2) is 0 Å². The molecule has 0 aromatic rings. The van der Waals surface area contributed by atoms with Crippen LogP contribution in [0.1, 0.15) is 19.3 Å². The molecule has 0 aromatic heterocycles. The minimum Gasteiger partial charge on any atom is -0.381 e. The number of carbonyl (C=O) groups excluding carboxylic acids is 1. The largest absolute Gasteiger partial charge is 0.381 e. The second-order valence-electron chi connectivity index (χ2n) is 4.32. The molecular formula is C10H18N2O2. The molecule has 2 fully saturated rings. The summed E-state index contributed by atoms with van der Waals surface area (Å²) in [5.41, 5.74) is 5.30. The van der Waals surface area contributed by atoms with Crippen molar-refractivity contribution in [3.63, 3.8) is 0 Å². The van der Waals surface area contributed by atoms with E-state index in [0.717, 1.165) is 39.0 Å². The van der Waals surface area contributed by atoms with E-state index in [1.165, 1.54) is 0 Å². The van der Waals surface area contributed by atoms with E-state index in [1.54, 1.807) is 0 Å². The Labute approximate surface area is 84.2 Å². The average molecular weight is 198 g/mol. The first kappa shape index (κ1) is 9.93. The van der Waals surface area contributed by atoms with Gasteiger partial charge in [-0.05, 0) is 37.6 Å². The second-order valence-corrected chi connectivity index (χ2v) is 4.32. The number of rotatable bonds is 2. The van der Waals surface area contributed by atoms with Crippen LogP contribution in [0.3, 0.4) is 0 Å². The molecule has 0 bridgehead atoms. The van der Waals surface area contributed by atoms with E-state index in [1.807, 2.05) is 0 Å². The SMILES string of the molecule is NC(=O)C1CC(C2CCOC2)CCN1. The number of piperidine rings is 1. The molecule has 14 heavy (non-hydrogen) atoms. The van der Waals surface area contributed by atoms with Crippen LogP contribution >= 0.6 is 0 Å². The van der Waals surface area contributed by atoms with Gasteiger partial charge in [0.25, 0.3) is 0 Å². The fourth-order valence-corrected chi connectivity index (χ4v) is 2.52. The van der Waals surface area contributed by atoms with Gasteiger partial charge >= 0.3 is 0 Å². The van der Waals surface area contributed by atoms with Crippen LogP contribution in [0.15, 0.2) is 0 Å². The van der Waals surface area contributed by atoms with Crippen LogP contribution in [0.25, 0.3) is 0 Å². The Morgan fingerprint density at radius 3 is 2.86 bits per heavy atom. The number of ether oxygens (including phenoxy) is 1. The van der Waals surface area contributed by atoms with Crippen molar-refractivity contribution in [2.45, 2.75) is 25.3 Å². The third kappa shape index (κ3) is 2.07. The molecule has 3 atom stereocenters. The molecule has 0 saturated carbocycles. The third-order valence-electron chi connectivity index (χ3n) is 3.42. The number of primary amides is 1. The standard InChI is InChI=1S/C10H18N2O2/c11-10(13)9-5-7(1-3-12-9)8-2-4-14-6-8/h7-9,12H,1-6H2,(H2,11,13). The zero-order valence-corrected chi connectivity index (χ0v) is 8.37. The molecule has 3 N–H and O–H groups in total. The smallest absolute Gasteiger partial charge is 0.234 e. The van der Waals surface area contributed by atoms with Gasteiger partial charge < -0.3 is 15.8 Å². The molecule has 2 aliphatic rings. The van der Waals surface area contributed by atoms with E-state index in [0.29, 0.717) is 11.8 Å². The van der Waals surface area contributed by atoms with Crippen molar-refractivity contribution in [3.05, 3.63) is 0 Å². The predicted molar refractivity (Wildman–Crippen MR) is 52.6 cm³/mol. The van der Waals surface area contributed by atoms with E-state index in [9.17, 15) is 4.79 Å². The van der Waals surface area contributed by atoms with Crippen LogP contribution in [0.5, 0.6) is 0 Å². The fourth-order valence-electron chi connectivity index (χ4n) is 2.52. The van der Waals surface area contributed by atoms with Crippen molar-refractivity contribution < 1.29 is 9.53 Å². The Bertz CT molecular complexity index is 214. The fraction of sp³-hybridized carbons (Fsp3) is 0.900. The van der Waals surface area contributed by atoms with Crippen LogP contribution in [-0.2, 0) is 9.53 Å². The highest BCUT2D eigenvalue weighted by Gasteiger charge is 2.32. The van der Waals surface area contributed by atoms with Crippen molar-refractivity contribution in [3.8, 4) is 0 Å². The van der Waals surface area contributed by atoms with Crippen LogP contribution in [0.4, 0.5) is 0 Å². The monoisotopic (exact) mass is 198 g/mol. The summed E-state index contributed by atoms with van der Waals surface area (Å²) in [6.45, 7) is 2.67. The van der Waals surface area contributed by atoms with Gasteiger partial charge in [-0.15, -0.1) is 0 Å². The summed E-state index contributed by atoms with van der Waals surface area (Å²) in [4.78, 5) is 11.0. The lowest BCUT2D eigenvalue weighted by atomic mass is 9.81. The first-order chi connectivity index (χ1) is 6.77. The predicted octanol–water partition coefficient (Wildman–Crippen LogP) is -0.124. The van der Waals surface area contributed by atoms with Crippen LogP contribution in [-0.4, -0.2) is 31.7 Å². The number of carbonyl (C=O) groups is 1. The van der Waals surface area contributed by atoms with Crippen molar-refractivity contribution in [1.29, 1.82) is 0 Å². The summed E-state index contributed by atoms with van der Waals surface area (Å²) in [6.07, 6.45) is 3.19. The summed E-state index contributed by atoms with van der Waals surface area (Å²) in [6, 6.07) is -0.116. The van der Waals surface area contributed by atoms with Gasteiger partial charge in [-0.3, -0.25) is 4.79 Å². The molecule has 4 nitrogen and oxygen atoms in total. The molecule has 0 aliphatic carbocycles. The Kier molecular flexibility index (Phi) is 3.03. The molecule has 2 saturated heterocycles. The molecule has 0 aromatic carbocycles. The third-order valence-corrected chi connectivity index (χ3v) is 3.42. The quantitative estimate of drug-likeness (QED) is 0.650. The summed E-state index contributed by atoms with van der Waals surface area (Å²) in [5.74, 6) is 1.06. The molecule has 80 valence electrons. The van der Waals surface area contributed by atoms with Crippen molar-refractivity contribution in [1.82, 2.24) is 5.32 Å². The number of hydrogen-bond donors (Lipinski definition) is 2. The molecule has 2 aliphatic heterocycles. The molecule has 2 heterocycles. The number of hydrogen-bond acceptors (Lipinski definition) is 3. The van der Waals surface area contributed by atoms with Gasteiger partial charge in [-0.1, -0.05) is 0 Å². The zero-order chi connectivity index (χ0) is 9.97. The highest BCUT2D eigenvalue weighted by Crippen LogP contribution is 2.30. The average Bonchev–Trinajstić information content (AvgIpc) is 2.71. The molecule has 0 radical (unpaired) electrons. The number of nitrogens with one attached hydrogen (secondary N) is 1. The minimum atomic E-state index is -0.214. The Morgan fingerprint density at radius 2 is 2.21 bits per heavy atom. The maximum atomic E-state index is 11.0. The van der Waals surface area contributed by atoms with Crippen molar-refractivity contribution in [2.75, 3.05) is 19.8 Å². The molecular weight excluding hydrogens is 180 g/mol. The van der Waals surface area contributed by atoms with E-state index >= 15 is 0 Å². The van der Waals surface area contributed by atoms with Crippen molar-refractivity contribution in [2.24, 2.45) is 17.6 Å². The summed E-state index contributed by atoms with van der Waals surface area (Å²) in [7, 11) is 0. The van der Waals surface area contributed by atoms with Gasteiger partial charge in [-0.25, -0.2) is 0 Å². The zero-order valence-electron chi connectivity index (χ0n) is 8.37. The molecule has 4 heteroatoms. The molecule has 1 amide bonds. The van der Waals surface area contributed by atoms with E-state index in [-0.39, 0.29) is 11.9 Å². The highest BCUT2D eigenvalue weighted by atomic mass is 16.5. The van der Waals surface area contributed by atoms with E-state index in [2.05, 4.69) is 5.32 Å². The summed E-state index contributed by atoms with van der Waals surface area (Å²) >= 11 is 0. The maximum Gasteiger partial charge on any atom is 0.234 e. The molecule has 2 rings (SSSR count). The van der Waals surface area contributed by atoms with Gasteiger partial charge in [0.2, 0.25) is 5.91 Å². The number of amides is 1. The number of nitrogens with two attached hydrogens (primary N) is 1. The first-order valence-corrected chi connectivity index (χ1v) is 5.38. The highest BCUT2D eigenvalue weighted by molar-refractivity contribution is 5.79. The first-order valence-electron chi connectivity index (χ1n) is 5.38. The Morgan fingerprint density at radius 1 is 1.36 bits per heavy atom. The van der Waals surface area contributed by atoms with Crippen LogP contribution in [0, 0.1) is 11.8 Å².